The number of rotatable bonds is 1. The monoisotopic (exact) mass is 231 g/mol. The summed E-state index contributed by atoms with van der Waals surface area (Å²) in [5, 5.41) is 12.1. The molecule has 1 N–H and O–H groups in total. The van der Waals surface area contributed by atoms with E-state index in [1.807, 2.05) is 0 Å². The van der Waals surface area contributed by atoms with E-state index in [2.05, 4.69) is 26.0 Å². The maximum Gasteiger partial charge on any atom is 0.142 e. The Morgan fingerprint density at radius 1 is 1.58 bits per heavy atom. The standard InChI is InChI=1S/C6H3BrFN3O/c7-3-1-2-4(8)5(6(3)12)10-11-9/h1-2,12H. The third-order valence-corrected chi connectivity index (χ3v) is 1.84. The van der Waals surface area contributed by atoms with Crippen molar-refractivity contribution in [2.75, 3.05) is 0 Å². The van der Waals surface area contributed by atoms with Crippen LogP contribution in [-0.4, -0.2) is 5.11 Å². The number of aromatic hydroxyl groups is 1. The molecule has 0 aliphatic carbocycles. The van der Waals surface area contributed by atoms with Crippen molar-refractivity contribution in [3.8, 4) is 5.75 Å². The smallest absolute Gasteiger partial charge is 0.142 e. The van der Waals surface area contributed by atoms with Crippen molar-refractivity contribution in [1.29, 1.82) is 0 Å². The fourth-order valence-corrected chi connectivity index (χ4v) is 0.990. The predicted octanol–water partition coefficient (Wildman–Crippen LogP) is 3.24. The van der Waals surface area contributed by atoms with Gasteiger partial charge in [-0.15, -0.1) is 0 Å². The molecule has 0 aromatic heterocycles. The number of benzene rings is 1. The molecule has 0 unspecified atom stereocenters. The SMILES string of the molecule is [N-]=[N+]=Nc1c(F)ccc(Br)c1O. The van der Waals surface area contributed by atoms with E-state index >= 15 is 0 Å². The summed E-state index contributed by atoms with van der Waals surface area (Å²) in [5.41, 5.74) is 7.63. The normalized spacial score (nSPS) is 9.17. The zero-order valence-corrected chi connectivity index (χ0v) is 7.29. The van der Waals surface area contributed by atoms with Gasteiger partial charge in [-0.25, -0.2) is 4.39 Å². The van der Waals surface area contributed by atoms with Gasteiger partial charge in [0.05, 0.1) is 4.47 Å². The van der Waals surface area contributed by atoms with E-state index in [-0.39, 0.29) is 4.47 Å². The van der Waals surface area contributed by atoms with Gasteiger partial charge in [-0.3, -0.25) is 0 Å². The second-order valence-electron chi connectivity index (χ2n) is 1.92. The van der Waals surface area contributed by atoms with Crippen molar-refractivity contribution in [2.45, 2.75) is 0 Å². The summed E-state index contributed by atoms with van der Waals surface area (Å²) in [6.45, 7) is 0. The molecule has 0 bridgehead atoms. The van der Waals surface area contributed by atoms with E-state index in [1.54, 1.807) is 0 Å². The molecule has 0 atom stereocenters. The lowest BCUT2D eigenvalue weighted by Crippen LogP contribution is -1.76. The molecule has 0 heterocycles. The van der Waals surface area contributed by atoms with Crippen LogP contribution in [0, 0.1) is 5.82 Å². The Kier molecular flexibility index (Phi) is 2.52. The lowest BCUT2D eigenvalue weighted by molar-refractivity contribution is 0.468. The zero-order valence-electron chi connectivity index (χ0n) is 5.70. The molecule has 0 aliphatic rings. The van der Waals surface area contributed by atoms with Crippen LogP contribution >= 0.6 is 15.9 Å². The van der Waals surface area contributed by atoms with Crippen molar-refractivity contribution >= 4 is 21.6 Å². The Morgan fingerprint density at radius 3 is 2.83 bits per heavy atom. The molecule has 62 valence electrons. The van der Waals surface area contributed by atoms with Gasteiger partial charge < -0.3 is 5.11 Å². The van der Waals surface area contributed by atoms with Crippen molar-refractivity contribution in [3.05, 3.63) is 32.9 Å². The van der Waals surface area contributed by atoms with Gasteiger partial charge in [0.1, 0.15) is 17.3 Å². The average Bonchev–Trinajstić information content (AvgIpc) is 2.06. The molecule has 0 aliphatic heterocycles. The van der Waals surface area contributed by atoms with Gasteiger partial charge in [-0.05, 0) is 33.6 Å². The molecule has 0 amide bonds. The highest BCUT2D eigenvalue weighted by atomic mass is 79.9. The molecular formula is C6H3BrFN3O. The minimum atomic E-state index is -0.756. The molecule has 0 fully saturated rings. The highest BCUT2D eigenvalue weighted by molar-refractivity contribution is 9.10. The van der Waals surface area contributed by atoms with E-state index < -0.39 is 17.3 Å². The third kappa shape index (κ3) is 1.49. The molecule has 12 heavy (non-hydrogen) atoms. The molecular weight excluding hydrogens is 229 g/mol. The Hall–Kier alpha value is -1.26. The third-order valence-electron chi connectivity index (χ3n) is 1.20. The summed E-state index contributed by atoms with van der Waals surface area (Å²) >= 11 is 2.95. The van der Waals surface area contributed by atoms with Crippen LogP contribution in [0.15, 0.2) is 21.7 Å². The second-order valence-corrected chi connectivity index (χ2v) is 2.77. The number of hydrogen-bond acceptors (Lipinski definition) is 2. The van der Waals surface area contributed by atoms with Gasteiger partial charge in [0.15, 0.2) is 0 Å². The minimum Gasteiger partial charge on any atom is -0.506 e. The van der Waals surface area contributed by atoms with E-state index in [0.717, 1.165) is 6.07 Å². The van der Waals surface area contributed by atoms with Crippen molar-refractivity contribution in [1.82, 2.24) is 0 Å². The van der Waals surface area contributed by atoms with Gasteiger partial charge >= 0.3 is 0 Å². The van der Waals surface area contributed by atoms with E-state index in [4.69, 9.17) is 10.6 Å². The van der Waals surface area contributed by atoms with Crippen LogP contribution in [0.3, 0.4) is 0 Å². The van der Waals surface area contributed by atoms with Crippen LogP contribution in [0.5, 0.6) is 5.75 Å². The van der Waals surface area contributed by atoms with Crippen LogP contribution in [0.2, 0.25) is 0 Å². The molecule has 6 heteroatoms. The number of azide groups is 1. The molecule has 0 saturated carbocycles. The second kappa shape index (κ2) is 3.42. The van der Waals surface area contributed by atoms with Crippen LogP contribution in [0.4, 0.5) is 10.1 Å². The van der Waals surface area contributed by atoms with Crippen LogP contribution in [-0.2, 0) is 0 Å². The molecule has 1 aromatic carbocycles. The number of phenols is 1. The highest BCUT2D eigenvalue weighted by Crippen LogP contribution is 2.36. The molecule has 1 aromatic rings. The Balaban J connectivity index is 3.42. The van der Waals surface area contributed by atoms with Gasteiger partial charge in [0, 0.05) is 4.91 Å². The van der Waals surface area contributed by atoms with Crippen LogP contribution in [0.1, 0.15) is 0 Å². The zero-order chi connectivity index (χ0) is 9.14. The first-order valence-electron chi connectivity index (χ1n) is 2.89. The molecule has 0 saturated heterocycles. The minimum absolute atomic E-state index is 0.284. The largest absolute Gasteiger partial charge is 0.506 e. The van der Waals surface area contributed by atoms with Crippen molar-refractivity contribution in [3.63, 3.8) is 0 Å². The molecule has 1 rings (SSSR count). The Morgan fingerprint density at radius 2 is 2.25 bits per heavy atom. The number of hydrogen-bond donors (Lipinski definition) is 1. The summed E-state index contributed by atoms with van der Waals surface area (Å²) in [6, 6.07) is 2.41. The van der Waals surface area contributed by atoms with Gasteiger partial charge in [-0.2, -0.15) is 0 Å². The summed E-state index contributed by atoms with van der Waals surface area (Å²) in [7, 11) is 0. The van der Waals surface area contributed by atoms with E-state index in [0.29, 0.717) is 0 Å². The molecule has 0 radical (unpaired) electrons. The molecule has 4 nitrogen and oxygen atoms in total. The number of halogens is 2. The fourth-order valence-electron chi connectivity index (χ4n) is 0.670. The van der Waals surface area contributed by atoms with E-state index in [9.17, 15) is 4.39 Å². The predicted molar refractivity (Wildman–Crippen MR) is 44.6 cm³/mol. The lowest BCUT2D eigenvalue weighted by Gasteiger charge is -2.00. The highest BCUT2D eigenvalue weighted by Gasteiger charge is 2.08. The average molecular weight is 232 g/mol. The van der Waals surface area contributed by atoms with Crippen LogP contribution in [0.25, 0.3) is 10.4 Å². The Bertz CT molecular complexity index is 362. The number of nitrogens with zero attached hydrogens (tertiary/aromatic N) is 3. The van der Waals surface area contributed by atoms with E-state index in [1.165, 1.54) is 6.07 Å². The van der Waals surface area contributed by atoms with Gasteiger partial charge in [0.2, 0.25) is 0 Å². The summed E-state index contributed by atoms with van der Waals surface area (Å²) < 4.78 is 13.1. The fraction of sp³-hybridized carbons (Fsp3) is 0. The summed E-state index contributed by atoms with van der Waals surface area (Å²) in [4.78, 5) is 2.37. The number of phenolic OH excluding ortho intramolecular Hbond substituents is 1. The summed E-state index contributed by atoms with van der Waals surface area (Å²) in [6.07, 6.45) is 0. The quantitative estimate of drug-likeness (QED) is 0.450. The first-order valence-corrected chi connectivity index (χ1v) is 3.68. The van der Waals surface area contributed by atoms with Crippen molar-refractivity contribution in [2.24, 2.45) is 5.11 Å². The summed E-state index contributed by atoms with van der Waals surface area (Å²) in [5.74, 6) is -1.15. The first-order chi connectivity index (χ1) is 5.66. The Labute approximate surface area is 75.4 Å². The van der Waals surface area contributed by atoms with Crippen LogP contribution < -0.4 is 0 Å². The van der Waals surface area contributed by atoms with Gasteiger partial charge in [-0.1, -0.05) is 5.11 Å². The maximum atomic E-state index is 12.8. The lowest BCUT2D eigenvalue weighted by atomic mass is 10.3. The van der Waals surface area contributed by atoms with Crippen molar-refractivity contribution < 1.29 is 9.50 Å². The maximum absolute atomic E-state index is 12.8. The first kappa shape index (κ1) is 8.83. The molecule has 0 spiro atoms. The van der Waals surface area contributed by atoms with Gasteiger partial charge in [0.25, 0.3) is 0 Å². The topological polar surface area (TPSA) is 69.0 Å².